The third kappa shape index (κ3) is 3.38. The van der Waals surface area contributed by atoms with Gasteiger partial charge in [-0.15, -0.1) is 5.10 Å². The van der Waals surface area contributed by atoms with Crippen molar-refractivity contribution in [1.29, 1.82) is 0 Å². The van der Waals surface area contributed by atoms with Crippen LogP contribution in [0.3, 0.4) is 0 Å². The lowest BCUT2D eigenvalue weighted by atomic mass is 10.3. The Bertz CT molecular complexity index is 654. The smallest absolute Gasteiger partial charge is 0.233 e. The lowest BCUT2D eigenvalue weighted by Crippen LogP contribution is -2.32. The first kappa shape index (κ1) is 14.8. The van der Waals surface area contributed by atoms with Crippen molar-refractivity contribution < 1.29 is 9.53 Å². The fourth-order valence-corrected chi connectivity index (χ4v) is 2.71. The van der Waals surface area contributed by atoms with Crippen LogP contribution in [-0.4, -0.2) is 44.5 Å². The fraction of sp³-hybridized carbons (Fsp3) is 0.429. The van der Waals surface area contributed by atoms with Crippen molar-refractivity contribution in [3.05, 3.63) is 24.3 Å². The van der Waals surface area contributed by atoms with E-state index < -0.39 is 0 Å². The van der Waals surface area contributed by atoms with E-state index in [1.54, 1.807) is 11.8 Å². The van der Waals surface area contributed by atoms with Crippen LogP contribution in [0.1, 0.15) is 19.8 Å². The summed E-state index contributed by atoms with van der Waals surface area (Å²) >= 11 is 1.34. The van der Waals surface area contributed by atoms with Crippen molar-refractivity contribution in [3.63, 3.8) is 0 Å². The first-order chi connectivity index (χ1) is 10.7. The van der Waals surface area contributed by atoms with Crippen LogP contribution in [0.25, 0.3) is 5.69 Å². The molecule has 0 spiro atoms. The Morgan fingerprint density at radius 3 is 2.77 bits per heavy atom. The first-order valence-corrected chi connectivity index (χ1v) is 7.95. The number of thioether (sulfide) groups is 1. The highest BCUT2D eigenvalue weighted by atomic mass is 32.2. The molecule has 1 aromatic carbocycles. The molecule has 1 aliphatic rings. The molecular weight excluding hydrogens is 302 g/mol. The van der Waals surface area contributed by atoms with Gasteiger partial charge in [-0.1, -0.05) is 11.8 Å². The number of benzene rings is 1. The van der Waals surface area contributed by atoms with E-state index in [1.807, 2.05) is 31.2 Å². The predicted octanol–water partition coefficient (Wildman–Crippen LogP) is 1.43. The zero-order valence-corrected chi connectivity index (χ0v) is 13.2. The third-order valence-electron chi connectivity index (χ3n) is 3.33. The van der Waals surface area contributed by atoms with Crippen molar-refractivity contribution in [1.82, 2.24) is 25.5 Å². The van der Waals surface area contributed by atoms with Crippen LogP contribution in [0, 0.1) is 0 Å². The van der Waals surface area contributed by atoms with Crippen molar-refractivity contribution >= 4 is 17.7 Å². The molecule has 1 fully saturated rings. The minimum absolute atomic E-state index is 0.0248. The minimum Gasteiger partial charge on any atom is -0.497 e. The number of methoxy groups -OCH3 is 1. The fourth-order valence-electron chi connectivity index (χ4n) is 1.90. The van der Waals surface area contributed by atoms with E-state index in [2.05, 4.69) is 20.8 Å². The molecule has 1 aliphatic carbocycles. The number of nitrogens with zero attached hydrogens (tertiary/aromatic N) is 4. The molecule has 1 saturated carbocycles. The number of rotatable bonds is 6. The number of tetrazole rings is 1. The third-order valence-corrected chi connectivity index (χ3v) is 4.37. The summed E-state index contributed by atoms with van der Waals surface area (Å²) in [5.41, 5.74) is 0.822. The van der Waals surface area contributed by atoms with Crippen LogP contribution in [0.15, 0.2) is 29.4 Å². The highest BCUT2D eigenvalue weighted by molar-refractivity contribution is 8.00. The largest absolute Gasteiger partial charge is 0.497 e. The van der Waals surface area contributed by atoms with E-state index in [4.69, 9.17) is 4.74 Å². The number of hydrogen-bond acceptors (Lipinski definition) is 6. The molecule has 7 nitrogen and oxygen atoms in total. The SMILES string of the molecule is COc1ccc(-n2nnnc2S[C@@H](C)C(=O)NC2CC2)cc1. The van der Waals surface area contributed by atoms with Gasteiger partial charge in [0.2, 0.25) is 11.1 Å². The molecule has 0 unspecified atom stereocenters. The molecule has 8 heteroatoms. The van der Waals surface area contributed by atoms with E-state index in [0.717, 1.165) is 24.3 Å². The summed E-state index contributed by atoms with van der Waals surface area (Å²) in [4.78, 5) is 12.0. The summed E-state index contributed by atoms with van der Waals surface area (Å²) < 4.78 is 6.75. The number of amides is 1. The molecule has 1 N–H and O–H groups in total. The second-order valence-corrected chi connectivity index (χ2v) is 6.42. The monoisotopic (exact) mass is 319 g/mol. The number of ether oxygens (including phenoxy) is 1. The van der Waals surface area contributed by atoms with Gasteiger partial charge in [0.05, 0.1) is 18.0 Å². The molecule has 0 aliphatic heterocycles. The molecule has 1 heterocycles. The van der Waals surface area contributed by atoms with Gasteiger partial charge in [0.25, 0.3) is 0 Å². The van der Waals surface area contributed by atoms with Gasteiger partial charge in [-0.05, 0) is 54.5 Å². The van der Waals surface area contributed by atoms with E-state index in [0.29, 0.717) is 11.2 Å². The summed E-state index contributed by atoms with van der Waals surface area (Å²) in [6.07, 6.45) is 2.15. The highest BCUT2D eigenvalue weighted by Gasteiger charge is 2.27. The number of carbonyl (C=O) groups excluding carboxylic acids is 1. The Hall–Kier alpha value is -2.09. The molecule has 1 aromatic heterocycles. The topological polar surface area (TPSA) is 81.9 Å². The molecular formula is C14H17N5O2S. The summed E-state index contributed by atoms with van der Waals surface area (Å²) in [6, 6.07) is 7.78. The minimum atomic E-state index is -0.247. The summed E-state index contributed by atoms with van der Waals surface area (Å²) in [7, 11) is 1.62. The van der Waals surface area contributed by atoms with E-state index in [-0.39, 0.29) is 11.2 Å². The summed E-state index contributed by atoms with van der Waals surface area (Å²) in [5.74, 6) is 0.792. The molecule has 116 valence electrons. The highest BCUT2D eigenvalue weighted by Crippen LogP contribution is 2.25. The van der Waals surface area contributed by atoms with E-state index in [1.165, 1.54) is 11.8 Å². The lowest BCUT2D eigenvalue weighted by molar-refractivity contribution is -0.120. The normalized spacial score (nSPS) is 15.4. The van der Waals surface area contributed by atoms with Gasteiger partial charge in [0, 0.05) is 6.04 Å². The molecule has 0 radical (unpaired) electrons. The number of hydrogen-bond donors (Lipinski definition) is 1. The van der Waals surface area contributed by atoms with Gasteiger partial charge in [0.1, 0.15) is 5.75 Å². The maximum absolute atomic E-state index is 12.0. The second-order valence-electron chi connectivity index (χ2n) is 5.11. The summed E-state index contributed by atoms with van der Waals surface area (Å²) in [5, 5.41) is 15.0. The Kier molecular flexibility index (Phi) is 4.28. The van der Waals surface area contributed by atoms with Crippen molar-refractivity contribution in [2.45, 2.75) is 36.2 Å². The first-order valence-electron chi connectivity index (χ1n) is 7.07. The number of aromatic nitrogens is 4. The van der Waals surface area contributed by atoms with Crippen LogP contribution >= 0.6 is 11.8 Å². The molecule has 1 atom stereocenters. The van der Waals surface area contributed by atoms with Gasteiger partial charge < -0.3 is 10.1 Å². The maximum Gasteiger partial charge on any atom is 0.233 e. The zero-order chi connectivity index (χ0) is 15.5. The standard InChI is InChI=1S/C14H17N5O2S/c1-9(13(20)15-10-3-4-10)22-14-16-17-18-19(14)11-5-7-12(21-2)8-6-11/h5-10H,3-4H2,1-2H3,(H,15,20)/t9-/m0/s1. The van der Waals surface area contributed by atoms with Crippen molar-refractivity contribution in [2.24, 2.45) is 0 Å². The average Bonchev–Trinajstić information content (AvgIpc) is 3.23. The van der Waals surface area contributed by atoms with Crippen molar-refractivity contribution in [2.75, 3.05) is 7.11 Å². The van der Waals surface area contributed by atoms with Crippen LogP contribution in [0.5, 0.6) is 5.75 Å². The average molecular weight is 319 g/mol. The molecule has 22 heavy (non-hydrogen) atoms. The van der Waals surface area contributed by atoms with Crippen LogP contribution in [0.4, 0.5) is 0 Å². The molecule has 0 bridgehead atoms. The number of nitrogens with one attached hydrogen (secondary N) is 1. The van der Waals surface area contributed by atoms with Gasteiger partial charge in [-0.2, -0.15) is 4.68 Å². The predicted molar refractivity (Wildman–Crippen MR) is 82.2 cm³/mol. The molecule has 0 saturated heterocycles. The van der Waals surface area contributed by atoms with Gasteiger partial charge in [0.15, 0.2) is 0 Å². The van der Waals surface area contributed by atoms with Crippen LogP contribution < -0.4 is 10.1 Å². The Morgan fingerprint density at radius 1 is 1.41 bits per heavy atom. The molecule has 3 rings (SSSR count). The van der Waals surface area contributed by atoms with E-state index in [9.17, 15) is 4.79 Å². The Labute approximate surface area is 132 Å². The summed E-state index contributed by atoms with van der Waals surface area (Å²) in [6.45, 7) is 1.86. The number of carbonyl (C=O) groups is 1. The Balaban J connectivity index is 1.71. The molecule has 2 aromatic rings. The van der Waals surface area contributed by atoms with Crippen molar-refractivity contribution in [3.8, 4) is 11.4 Å². The molecule has 1 amide bonds. The Morgan fingerprint density at radius 2 is 2.14 bits per heavy atom. The van der Waals surface area contributed by atoms with Gasteiger partial charge in [-0.3, -0.25) is 4.79 Å². The van der Waals surface area contributed by atoms with Crippen LogP contribution in [-0.2, 0) is 4.79 Å². The van der Waals surface area contributed by atoms with E-state index >= 15 is 0 Å². The maximum atomic E-state index is 12.0. The van der Waals surface area contributed by atoms with Gasteiger partial charge in [-0.25, -0.2) is 0 Å². The zero-order valence-electron chi connectivity index (χ0n) is 12.4. The second kappa shape index (κ2) is 6.35. The van der Waals surface area contributed by atoms with Crippen LogP contribution in [0.2, 0.25) is 0 Å². The lowest BCUT2D eigenvalue weighted by Gasteiger charge is -2.11. The van der Waals surface area contributed by atoms with Gasteiger partial charge >= 0.3 is 0 Å². The quantitative estimate of drug-likeness (QED) is 0.811.